The van der Waals surface area contributed by atoms with Gasteiger partial charge in [0.05, 0.1) is 18.6 Å². The molecule has 0 atom stereocenters. The maximum absolute atomic E-state index is 12.5. The van der Waals surface area contributed by atoms with Crippen LogP contribution in [0.5, 0.6) is 0 Å². The number of halogens is 1. The molecule has 7 nitrogen and oxygen atoms in total. The van der Waals surface area contributed by atoms with Gasteiger partial charge in [-0.2, -0.15) is 0 Å². The zero-order chi connectivity index (χ0) is 23.2. The van der Waals surface area contributed by atoms with Crippen molar-refractivity contribution in [3.63, 3.8) is 0 Å². The number of carbonyl (C=O) groups excluding carboxylic acids is 2. The molecule has 0 spiro atoms. The Balaban J connectivity index is 1.39. The van der Waals surface area contributed by atoms with Gasteiger partial charge in [-0.15, -0.1) is 0 Å². The number of aryl methyl sites for hydroxylation is 1. The minimum absolute atomic E-state index is 0.166. The van der Waals surface area contributed by atoms with E-state index >= 15 is 0 Å². The lowest BCUT2D eigenvalue weighted by Crippen LogP contribution is -2.22. The van der Waals surface area contributed by atoms with E-state index in [1.165, 1.54) is 11.8 Å². The number of nitrogens with one attached hydrogen (secondary N) is 2. The van der Waals surface area contributed by atoms with Crippen LogP contribution < -0.4 is 10.6 Å². The molecule has 0 radical (unpaired) electrons. The molecule has 0 aliphatic heterocycles. The monoisotopic (exact) mass is 480 g/mol. The fourth-order valence-electron chi connectivity index (χ4n) is 3.07. The summed E-state index contributed by atoms with van der Waals surface area (Å²) in [6, 6.07) is 16.2. The second-order valence-corrected chi connectivity index (χ2v) is 8.54. The maximum Gasteiger partial charge on any atom is 0.251 e. The first-order valence-corrected chi connectivity index (χ1v) is 11.5. The molecular formula is C24H21ClN4O3S. The number of imidazole rings is 1. The molecule has 33 heavy (non-hydrogen) atoms. The van der Waals surface area contributed by atoms with Crippen molar-refractivity contribution in [1.29, 1.82) is 0 Å². The van der Waals surface area contributed by atoms with Crippen LogP contribution in [-0.4, -0.2) is 27.1 Å². The number of rotatable bonds is 8. The van der Waals surface area contributed by atoms with Gasteiger partial charge in [0.1, 0.15) is 5.76 Å². The van der Waals surface area contributed by atoms with Gasteiger partial charge >= 0.3 is 0 Å². The van der Waals surface area contributed by atoms with Gasteiger partial charge in [0.2, 0.25) is 5.91 Å². The van der Waals surface area contributed by atoms with Crippen molar-refractivity contribution in [2.24, 2.45) is 0 Å². The van der Waals surface area contributed by atoms with Crippen molar-refractivity contribution in [3.8, 4) is 5.69 Å². The second kappa shape index (κ2) is 10.4. The summed E-state index contributed by atoms with van der Waals surface area (Å²) < 4.78 is 7.08. The summed E-state index contributed by atoms with van der Waals surface area (Å²) in [5, 5.41) is 6.91. The number of aromatic nitrogens is 2. The lowest BCUT2D eigenvalue weighted by Gasteiger charge is -2.10. The molecule has 2 heterocycles. The third-order valence-corrected chi connectivity index (χ3v) is 6.16. The van der Waals surface area contributed by atoms with E-state index in [0.717, 1.165) is 11.3 Å². The third kappa shape index (κ3) is 5.85. The lowest BCUT2D eigenvalue weighted by molar-refractivity contribution is -0.113. The van der Waals surface area contributed by atoms with E-state index < -0.39 is 0 Å². The van der Waals surface area contributed by atoms with Crippen molar-refractivity contribution in [1.82, 2.24) is 14.9 Å². The highest BCUT2D eigenvalue weighted by molar-refractivity contribution is 7.99. The molecule has 4 aromatic rings. The van der Waals surface area contributed by atoms with Gasteiger partial charge in [-0.3, -0.25) is 14.2 Å². The first-order valence-electron chi connectivity index (χ1n) is 10.1. The molecule has 2 aromatic carbocycles. The number of amides is 2. The van der Waals surface area contributed by atoms with Crippen LogP contribution in [0, 0.1) is 6.92 Å². The number of furan rings is 1. The van der Waals surface area contributed by atoms with E-state index in [1.54, 1.807) is 55.1 Å². The van der Waals surface area contributed by atoms with Gasteiger partial charge in [-0.05, 0) is 55.0 Å². The molecular weight excluding hydrogens is 460 g/mol. The maximum atomic E-state index is 12.5. The molecule has 9 heteroatoms. The quantitative estimate of drug-likeness (QED) is 0.343. The fourth-order valence-corrected chi connectivity index (χ4v) is 4.02. The topological polar surface area (TPSA) is 89.2 Å². The van der Waals surface area contributed by atoms with Crippen LogP contribution in [0.15, 0.2) is 82.8 Å². The summed E-state index contributed by atoms with van der Waals surface area (Å²) in [6.07, 6.45) is 5.01. The summed E-state index contributed by atoms with van der Waals surface area (Å²) in [6.45, 7) is 2.21. The van der Waals surface area contributed by atoms with Crippen LogP contribution in [0.3, 0.4) is 0 Å². The first-order chi connectivity index (χ1) is 16.0. The predicted octanol–water partition coefficient (Wildman–Crippen LogP) is 5.09. The van der Waals surface area contributed by atoms with E-state index in [0.29, 0.717) is 33.7 Å². The van der Waals surface area contributed by atoms with E-state index in [2.05, 4.69) is 15.6 Å². The van der Waals surface area contributed by atoms with E-state index in [-0.39, 0.29) is 17.6 Å². The highest BCUT2D eigenvalue weighted by Gasteiger charge is 2.12. The van der Waals surface area contributed by atoms with E-state index in [9.17, 15) is 9.59 Å². The molecule has 0 unspecified atom stereocenters. The molecule has 0 aliphatic rings. The Hall–Kier alpha value is -3.49. The molecule has 2 aromatic heterocycles. The van der Waals surface area contributed by atoms with Gasteiger partial charge in [0.15, 0.2) is 5.16 Å². The molecule has 0 saturated heterocycles. The van der Waals surface area contributed by atoms with Crippen molar-refractivity contribution >= 4 is 40.9 Å². The highest BCUT2D eigenvalue weighted by Crippen LogP contribution is 2.23. The van der Waals surface area contributed by atoms with Gasteiger partial charge < -0.3 is 15.1 Å². The van der Waals surface area contributed by atoms with Gasteiger partial charge in [0, 0.05) is 34.4 Å². The standard InChI is InChI=1S/C24H21ClN4O3S/c1-16-7-8-18(13-21(16)25)28-22(30)15-33-24-26-9-10-29(24)19-5-2-4-17(12-19)23(31)27-14-20-6-3-11-32-20/h2-13H,14-15H2,1H3,(H,27,31)(H,28,30). The molecule has 2 amide bonds. The van der Waals surface area contributed by atoms with Gasteiger partial charge in [0.25, 0.3) is 5.91 Å². The van der Waals surface area contributed by atoms with Crippen LogP contribution in [0.2, 0.25) is 5.02 Å². The Morgan fingerprint density at radius 1 is 1.15 bits per heavy atom. The summed E-state index contributed by atoms with van der Waals surface area (Å²) in [5.74, 6) is 0.476. The Bertz CT molecular complexity index is 1270. The molecule has 0 bridgehead atoms. The minimum atomic E-state index is -0.210. The molecule has 0 aliphatic carbocycles. The van der Waals surface area contributed by atoms with Crippen molar-refractivity contribution in [2.45, 2.75) is 18.6 Å². The minimum Gasteiger partial charge on any atom is -0.467 e. The predicted molar refractivity (Wildman–Crippen MR) is 129 cm³/mol. The number of anilines is 1. The SMILES string of the molecule is Cc1ccc(NC(=O)CSc2nccn2-c2cccc(C(=O)NCc3ccco3)c2)cc1Cl. The van der Waals surface area contributed by atoms with Crippen molar-refractivity contribution in [2.75, 3.05) is 11.1 Å². The molecule has 168 valence electrons. The first kappa shape index (κ1) is 22.7. The smallest absolute Gasteiger partial charge is 0.251 e. The summed E-state index contributed by atoms with van der Waals surface area (Å²) in [7, 11) is 0. The largest absolute Gasteiger partial charge is 0.467 e. The summed E-state index contributed by atoms with van der Waals surface area (Å²) >= 11 is 7.42. The summed E-state index contributed by atoms with van der Waals surface area (Å²) in [5.41, 5.74) is 2.87. The van der Waals surface area contributed by atoms with Gasteiger partial charge in [-0.1, -0.05) is 35.5 Å². The Morgan fingerprint density at radius 2 is 2.03 bits per heavy atom. The van der Waals surface area contributed by atoms with Crippen LogP contribution in [0.4, 0.5) is 5.69 Å². The highest BCUT2D eigenvalue weighted by atomic mass is 35.5. The Kier molecular flexibility index (Phi) is 7.16. The second-order valence-electron chi connectivity index (χ2n) is 7.19. The average Bonchev–Trinajstić information content (AvgIpc) is 3.51. The van der Waals surface area contributed by atoms with E-state index in [1.807, 2.05) is 29.7 Å². The van der Waals surface area contributed by atoms with Gasteiger partial charge in [-0.25, -0.2) is 4.98 Å². The number of hydrogen-bond donors (Lipinski definition) is 2. The number of hydrogen-bond acceptors (Lipinski definition) is 5. The van der Waals surface area contributed by atoms with Crippen molar-refractivity contribution in [3.05, 3.63) is 95.2 Å². The van der Waals surface area contributed by atoms with Crippen LogP contribution in [-0.2, 0) is 11.3 Å². The van der Waals surface area contributed by atoms with Crippen LogP contribution >= 0.6 is 23.4 Å². The molecule has 0 saturated carbocycles. The van der Waals surface area contributed by atoms with Crippen LogP contribution in [0.25, 0.3) is 5.69 Å². The Morgan fingerprint density at radius 3 is 2.82 bits per heavy atom. The number of thioether (sulfide) groups is 1. The average molecular weight is 481 g/mol. The normalized spacial score (nSPS) is 10.7. The molecule has 4 rings (SSSR count). The number of carbonyl (C=O) groups is 2. The molecule has 2 N–H and O–H groups in total. The number of nitrogens with zero attached hydrogens (tertiary/aromatic N) is 2. The fraction of sp³-hybridized carbons (Fsp3) is 0.125. The number of benzene rings is 2. The zero-order valence-electron chi connectivity index (χ0n) is 17.7. The summed E-state index contributed by atoms with van der Waals surface area (Å²) in [4.78, 5) is 29.3. The Labute approximate surface area is 200 Å². The zero-order valence-corrected chi connectivity index (χ0v) is 19.3. The van der Waals surface area contributed by atoms with E-state index in [4.69, 9.17) is 16.0 Å². The lowest BCUT2D eigenvalue weighted by atomic mass is 10.2. The van der Waals surface area contributed by atoms with Crippen LogP contribution in [0.1, 0.15) is 21.7 Å². The third-order valence-electron chi connectivity index (χ3n) is 4.78. The van der Waals surface area contributed by atoms with Crippen molar-refractivity contribution < 1.29 is 14.0 Å². The molecule has 0 fully saturated rings.